The summed E-state index contributed by atoms with van der Waals surface area (Å²) in [4.78, 5) is 14.7. The lowest BCUT2D eigenvalue weighted by atomic mass is 9.64. The number of anilines is 1. The van der Waals surface area contributed by atoms with E-state index in [-0.39, 0.29) is 6.42 Å². The zero-order chi connectivity index (χ0) is 13.7. The molecular weight excluding hydrogens is 248 g/mol. The Morgan fingerprint density at radius 2 is 2.33 bits per heavy atom. The van der Waals surface area contributed by atoms with Crippen LogP contribution >= 0.6 is 0 Å². The average Bonchev–Trinajstić information content (AvgIpc) is 2.30. The summed E-state index contributed by atoms with van der Waals surface area (Å²) in [7, 11) is 0. The lowest BCUT2D eigenvalue weighted by Gasteiger charge is -2.54. The minimum Gasteiger partial charge on any atom is -0.393 e. The van der Waals surface area contributed by atoms with Crippen LogP contribution < -0.4 is 11.4 Å². The van der Waals surface area contributed by atoms with E-state index in [1.54, 1.807) is 0 Å². The first kappa shape index (κ1) is 12.9. The molecule has 0 spiro atoms. The number of nitrogens with zero attached hydrogens (tertiary/aromatic N) is 2. The van der Waals surface area contributed by atoms with Crippen LogP contribution in [0.3, 0.4) is 0 Å². The van der Waals surface area contributed by atoms with E-state index in [0.717, 1.165) is 17.7 Å². The van der Waals surface area contributed by atoms with Gasteiger partial charge in [0.05, 0.1) is 12.6 Å². The molecule has 1 heterocycles. The molecule has 0 aliphatic heterocycles. The van der Waals surface area contributed by atoms with Crippen molar-refractivity contribution in [3.63, 3.8) is 0 Å². The number of nitrogen functional groups attached to an aromatic ring is 1. The Balaban J connectivity index is 2.42. The molecule has 1 saturated carbocycles. The molecular formula is C10H13F2N3O3. The number of hydrogen-bond acceptors (Lipinski definition) is 5. The summed E-state index contributed by atoms with van der Waals surface area (Å²) in [6.45, 7) is 0.258. The van der Waals surface area contributed by atoms with E-state index in [0.29, 0.717) is 0 Å². The second-order valence-electron chi connectivity index (χ2n) is 4.65. The van der Waals surface area contributed by atoms with Crippen molar-refractivity contribution in [2.75, 3.05) is 12.3 Å². The van der Waals surface area contributed by atoms with Crippen molar-refractivity contribution in [2.45, 2.75) is 30.7 Å². The molecule has 100 valence electrons. The SMILES string of the molecule is C[C@@]1(F)[C@H](n2cc(F)c(N)nc2=O)C[C@]1(O)CO. The van der Waals surface area contributed by atoms with Crippen molar-refractivity contribution in [2.24, 2.45) is 0 Å². The summed E-state index contributed by atoms with van der Waals surface area (Å²) in [5.74, 6) is -1.50. The summed E-state index contributed by atoms with van der Waals surface area (Å²) in [6.07, 6.45) is 0.547. The third-order valence-corrected chi connectivity index (χ3v) is 3.60. The fourth-order valence-electron chi connectivity index (χ4n) is 2.15. The van der Waals surface area contributed by atoms with Crippen molar-refractivity contribution in [3.05, 3.63) is 22.5 Å². The van der Waals surface area contributed by atoms with E-state index in [4.69, 9.17) is 10.8 Å². The van der Waals surface area contributed by atoms with Gasteiger partial charge in [-0.15, -0.1) is 0 Å². The standard InChI is InChI=1S/C10H13F2N3O3/c1-9(12)6(2-10(9,18)4-16)15-3-5(11)7(13)14-8(15)17/h3,6,16,18H,2,4H2,1H3,(H2,13,14,17)/t6-,9-,10+/m1/s1. The lowest BCUT2D eigenvalue weighted by molar-refractivity contribution is -0.223. The zero-order valence-electron chi connectivity index (χ0n) is 9.60. The van der Waals surface area contributed by atoms with Gasteiger partial charge in [0.1, 0.15) is 5.60 Å². The molecule has 1 aromatic rings. The fourth-order valence-corrected chi connectivity index (χ4v) is 2.15. The second-order valence-corrected chi connectivity index (χ2v) is 4.65. The van der Waals surface area contributed by atoms with Gasteiger partial charge in [-0.1, -0.05) is 0 Å². The van der Waals surface area contributed by atoms with Crippen molar-refractivity contribution in [1.82, 2.24) is 9.55 Å². The molecule has 6 nitrogen and oxygen atoms in total. The first-order valence-electron chi connectivity index (χ1n) is 5.29. The average molecular weight is 261 g/mol. The molecule has 18 heavy (non-hydrogen) atoms. The summed E-state index contributed by atoms with van der Waals surface area (Å²) in [5.41, 5.74) is 0.0237. The summed E-state index contributed by atoms with van der Waals surface area (Å²) >= 11 is 0. The number of alkyl halides is 1. The molecule has 1 aliphatic carbocycles. The van der Waals surface area contributed by atoms with Gasteiger partial charge < -0.3 is 15.9 Å². The monoisotopic (exact) mass is 261 g/mol. The maximum absolute atomic E-state index is 14.3. The Morgan fingerprint density at radius 1 is 1.72 bits per heavy atom. The van der Waals surface area contributed by atoms with Gasteiger partial charge in [0.25, 0.3) is 0 Å². The highest BCUT2D eigenvalue weighted by molar-refractivity contribution is 5.27. The van der Waals surface area contributed by atoms with Crippen LogP contribution in [0.4, 0.5) is 14.6 Å². The highest BCUT2D eigenvalue weighted by atomic mass is 19.1. The van der Waals surface area contributed by atoms with Gasteiger partial charge in [0, 0.05) is 12.6 Å². The third-order valence-electron chi connectivity index (χ3n) is 3.60. The molecule has 8 heteroatoms. The number of aromatic nitrogens is 2. The Labute approximate surface area is 101 Å². The van der Waals surface area contributed by atoms with Crippen LogP contribution in [0.25, 0.3) is 0 Å². The first-order valence-corrected chi connectivity index (χ1v) is 5.29. The van der Waals surface area contributed by atoms with Crippen molar-refractivity contribution >= 4 is 5.82 Å². The maximum Gasteiger partial charge on any atom is 0.350 e. The highest BCUT2D eigenvalue weighted by Crippen LogP contribution is 2.52. The minimum atomic E-state index is -2.25. The van der Waals surface area contributed by atoms with E-state index in [9.17, 15) is 18.7 Å². The van der Waals surface area contributed by atoms with E-state index in [1.807, 2.05) is 0 Å². The molecule has 1 aliphatic rings. The molecule has 1 fully saturated rings. The number of aliphatic hydroxyl groups is 2. The van der Waals surface area contributed by atoms with Crippen molar-refractivity contribution in [3.8, 4) is 0 Å². The normalized spacial score (nSPS) is 35.3. The number of hydrogen-bond donors (Lipinski definition) is 3. The number of halogens is 2. The molecule has 0 unspecified atom stereocenters. The second kappa shape index (κ2) is 3.72. The van der Waals surface area contributed by atoms with Gasteiger partial charge in [0.2, 0.25) is 0 Å². The van der Waals surface area contributed by atoms with Crippen molar-refractivity contribution < 1.29 is 19.0 Å². The molecule has 0 aromatic carbocycles. The van der Waals surface area contributed by atoms with Gasteiger partial charge in [0.15, 0.2) is 17.3 Å². The molecule has 4 N–H and O–H groups in total. The molecule has 0 bridgehead atoms. The van der Waals surface area contributed by atoms with Crippen molar-refractivity contribution in [1.29, 1.82) is 0 Å². The minimum absolute atomic E-state index is 0.207. The third kappa shape index (κ3) is 1.52. The zero-order valence-corrected chi connectivity index (χ0v) is 9.60. The predicted molar refractivity (Wildman–Crippen MR) is 58.1 cm³/mol. The van der Waals surface area contributed by atoms with E-state index >= 15 is 0 Å². The van der Waals surface area contributed by atoms with Gasteiger partial charge in [-0.25, -0.2) is 13.6 Å². The van der Waals surface area contributed by atoms with E-state index in [2.05, 4.69) is 4.98 Å². The fraction of sp³-hybridized carbons (Fsp3) is 0.600. The molecule has 0 radical (unpaired) electrons. The van der Waals surface area contributed by atoms with Crippen LogP contribution in [0.1, 0.15) is 19.4 Å². The Kier molecular flexibility index (Phi) is 2.67. The number of nitrogens with two attached hydrogens (primary N) is 1. The van der Waals surface area contributed by atoms with Gasteiger partial charge in [-0.2, -0.15) is 4.98 Å². The quantitative estimate of drug-likeness (QED) is 0.657. The smallest absolute Gasteiger partial charge is 0.350 e. The maximum atomic E-state index is 14.3. The van der Waals surface area contributed by atoms with Gasteiger partial charge in [-0.05, 0) is 6.92 Å². The van der Waals surface area contributed by atoms with Crippen LogP contribution in [0.5, 0.6) is 0 Å². The molecule has 1 aromatic heterocycles. The largest absolute Gasteiger partial charge is 0.393 e. The van der Waals surface area contributed by atoms with Crippen LogP contribution in [0.2, 0.25) is 0 Å². The molecule has 0 saturated heterocycles. The van der Waals surface area contributed by atoms with Gasteiger partial charge in [-0.3, -0.25) is 4.57 Å². The Hall–Kier alpha value is -1.54. The lowest BCUT2D eigenvalue weighted by Crippen LogP contribution is -2.68. The van der Waals surface area contributed by atoms with Gasteiger partial charge >= 0.3 is 5.69 Å². The molecule has 2 rings (SSSR count). The summed E-state index contributed by atoms with van der Waals surface area (Å²) in [5, 5.41) is 18.6. The summed E-state index contributed by atoms with van der Waals surface area (Å²) in [6, 6.07) is -1.09. The van der Waals surface area contributed by atoms with E-state index in [1.165, 1.54) is 0 Å². The van der Waals surface area contributed by atoms with E-state index < -0.39 is 41.2 Å². The van der Waals surface area contributed by atoms with Crippen LogP contribution in [0, 0.1) is 5.82 Å². The predicted octanol–water partition coefficient (Wildman–Crippen LogP) is -0.639. The number of rotatable bonds is 2. The topological polar surface area (TPSA) is 101 Å². The highest BCUT2D eigenvalue weighted by Gasteiger charge is 2.64. The van der Waals surface area contributed by atoms with Crippen LogP contribution in [-0.2, 0) is 0 Å². The van der Waals surface area contributed by atoms with Crippen LogP contribution in [-0.4, -0.2) is 37.6 Å². The summed E-state index contributed by atoms with van der Waals surface area (Å²) < 4.78 is 28.2. The first-order chi connectivity index (χ1) is 8.23. The molecule has 3 atom stereocenters. The van der Waals surface area contributed by atoms with Crippen LogP contribution in [0.15, 0.2) is 11.0 Å². The molecule has 0 amide bonds. The Morgan fingerprint density at radius 3 is 2.83 bits per heavy atom. The Bertz CT molecular complexity index is 546. The number of aliphatic hydroxyl groups excluding tert-OH is 1.